The fourth-order valence-corrected chi connectivity index (χ4v) is 3.89. The summed E-state index contributed by atoms with van der Waals surface area (Å²) in [5.41, 5.74) is 1.55. The molecule has 4 rings (SSSR count). The van der Waals surface area contributed by atoms with Gasteiger partial charge in [0, 0.05) is 24.9 Å². The van der Waals surface area contributed by atoms with Gasteiger partial charge in [0.15, 0.2) is 5.82 Å². The Kier molecular flexibility index (Phi) is 4.81. The standard InChI is InChI=1S/C19H19N5O4S/c20-29(27,28)14-7-5-12(6-8-14)10-21-19(26)13-9-17(25)24(11-13)18-15-3-1-2-4-16(15)22-23-18/h1-8,13H,9-11H2,(H,21,26)(H,22,23)(H2,20,27,28)/t13-/m0/s1. The van der Waals surface area contributed by atoms with Crippen molar-refractivity contribution in [3.8, 4) is 0 Å². The smallest absolute Gasteiger partial charge is 0.238 e. The van der Waals surface area contributed by atoms with E-state index in [0.29, 0.717) is 5.82 Å². The number of hydrogen-bond donors (Lipinski definition) is 3. The van der Waals surface area contributed by atoms with E-state index in [4.69, 9.17) is 5.14 Å². The van der Waals surface area contributed by atoms with Crippen LogP contribution < -0.4 is 15.4 Å². The first-order valence-corrected chi connectivity index (χ1v) is 10.5. The Hall–Kier alpha value is -3.24. The average Bonchev–Trinajstić information content (AvgIpc) is 3.29. The third kappa shape index (κ3) is 3.84. The minimum atomic E-state index is -3.75. The minimum absolute atomic E-state index is 0.0100. The molecule has 0 spiro atoms. The van der Waals surface area contributed by atoms with Gasteiger partial charge in [-0.25, -0.2) is 13.6 Å². The van der Waals surface area contributed by atoms with Gasteiger partial charge in [-0.05, 0) is 29.8 Å². The van der Waals surface area contributed by atoms with Gasteiger partial charge in [-0.1, -0.05) is 24.3 Å². The second-order valence-electron chi connectivity index (χ2n) is 6.90. The second-order valence-corrected chi connectivity index (χ2v) is 8.47. The first-order chi connectivity index (χ1) is 13.8. The predicted molar refractivity (Wildman–Crippen MR) is 106 cm³/mol. The monoisotopic (exact) mass is 413 g/mol. The lowest BCUT2D eigenvalue weighted by Crippen LogP contribution is -2.32. The maximum absolute atomic E-state index is 12.5. The van der Waals surface area contributed by atoms with E-state index in [-0.39, 0.29) is 36.2 Å². The fourth-order valence-electron chi connectivity index (χ4n) is 3.37. The molecule has 1 aliphatic heterocycles. The molecule has 2 aromatic carbocycles. The van der Waals surface area contributed by atoms with E-state index in [1.807, 2.05) is 24.3 Å². The fraction of sp³-hybridized carbons (Fsp3) is 0.211. The Morgan fingerprint density at radius 2 is 1.93 bits per heavy atom. The molecule has 0 bridgehead atoms. The van der Waals surface area contributed by atoms with Gasteiger partial charge < -0.3 is 5.32 Å². The van der Waals surface area contributed by atoms with Crippen LogP contribution in [0.1, 0.15) is 12.0 Å². The largest absolute Gasteiger partial charge is 0.352 e. The second kappa shape index (κ2) is 7.30. The molecule has 2 amide bonds. The maximum Gasteiger partial charge on any atom is 0.238 e. The number of hydrogen-bond acceptors (Lipinski definition) is 5. The normalized spacial score (nSPS) is 17.1. The number of nitrogens with one attached hydrogen (secondary N) is 2. The molecule has 3 aromatic rings. The first-order valence-electron chi connectivity index (χ1n) is 8.96. The van der Waals surface area contributed by atoms with Crippen molar-refractivity contribution in [3.63, 3.8) is 0 Å². The number of anilines is 1. The number of benzene rings is 2. The molecule has 0 radical (unpaired) electrons. The van der Waals surface area contributed by atoms with Gasteiger partial charge in [-0.3, -0.25) is 19.6 Å². The van der Waals surface area contributed by atoms with Crippen LogP contribution >= 0.6 is 0 Å². The number of aromatic amines is 1. The van der Waals surface area contributed by atoms with Crippen molar-refractivity contribution in [2.75, 3.05) is 11.4 Å². The van der Waals surface area contributed by atoms with E-state index in [0.717, 1.165) is 16.5 Å². The lowest BCUT2D eigenvalue weighted by Gasteiger charge is -2.14. The number of amides is 2. The Balaban J connectivity index is 1.41. The van der Waals surface area contributed by atoms with Crippen LogP contribution in [0.4, 0.5) is 5.82 Å². The SMILES string of the molecule is NS(=O)(=O)c1ccc(CNC(=O)[C@H]2CC(=O)N(c3n[nH]c4ccccc34)C2)cc1. The summed E-state index contributed by atoms with van der Waals surface area (Å²) in [7, 11) is -3.75. The number of nitrogens with zero attached hydrogens (tertiary/aromatic N) is 2. The van der Waals surface area contributed by atoms with Gasteiger partial charge in [0.25, 0.3) is 0 Å². The van der Waals surface area contributed by atoms with Crippen LogP contribution in [-0.4, -0.2) is 37.0 Å². The van der Waals surface area contributed by atoms with Crippen molar-refractivity contribution in [1.29, 1.82) is 0 Å². The number of aromatic nitrogens is 2. The summed E-state index contributed by atoms with van der Waals surface area (Å²) < 4.78 is 22.6. The number of rotatable bonds is 5. The van der Waals surface area contributed by atoms with Crippen molar-refractivity contribution < 1.29 is 18.0 Å². The Morgan fingerprint density at radius 1 is 1.21 bits per heavy atom. The van der Waals surface area contributed by atoms with Crippen LogP contribution in [0.5, 0.6) is 0 Å². The van der Waals surface area contributed by atoms with Crippen molar-refractivity contribution in [1.82, 2.24) is 15.5 Å². The number of H-pyrrole nitrogens is 1. The minimum Gasteiger partial charge on any atom is -0.352 e. The number of para-hydroxylation sites is 1. The summed E-state index contributed by atoms with van der Waals surface area (Å²) in [5, 5.41) is 15.8. The molecule has 4 N–H and O–H groups in total. The van der Waals surface area contributed by atoms with Crippen molar-refractivity contribution >= 4 is 38.6 Å². The van der Waals surface area contributed by atoms with Crippen LogP contribution in [0.25, 0.3) is 10.9 Å². The molecule has 2 heterocycles. The highest BCUT2D eigenvalue weighted by molar-refractivity contribution is 7.89. The Labute approximate surface area is 166 Å². The Morgan fingerprint density at radius 3 is 2.66 bits per heavy atom. The Bertz CT molecular complexity index is 1190. The topological polar surface area (TPSA) is 138 Å². The van der Waals surface area contributed by atoms with Crippen molar-refractivity contribution in [2.45, 2.75) is 17.9 Å². The molecule has 1 saturated heterocycles. The zero-order valence-electron chi connectivity index (χ0n) is 15.3. The zero-order valence-corrected chi connectivity index (χ0v) is 16.1. The summed E-state index contributed by atoms with van der Waals surface area (Å²) in [5.74, 6) is -0.350. The van der Waals surface area contributed by atoms with Gasteiger partial charge in [-0.2, -0.15) is 5.10 Å². The quantitative estimate of drug-likeness (QED) is 0.570. The summed E-state index contributed by atoms with van der Waals surface area (Å²) in [6.45, 7) is 0.476. The first kappa shape index (κ1) is 19.1. The van der Waals surface area contributed by atoms with Gasteiger partial charge in [0.1, 0.15) is 0 Å². The molecule has 1 aliphatic rings. The molecule has 29 heavy (non-hydrogen) atoms. The van der Waals surface area contributed by atoms with E-state index < -0.39 is 15.9 Å². The molecule has 9 nitrogen and oxygen atoms in total. The molecule has 0 unspecified atom stereocenters. The molecule has 1 fully saturated rings. The van der Waals surface area contributed by atoms with Gasteiger partial charge in [0.2, 0.25) is 21.8 Å². The van der Waals surface area contributed by atoms with Crippen LogP contribution in [-0.2, 0) is 26.2 Å². The summed E-state index contributed by atoms with van der Waals surface area (Å²) in [6.07, 6.45) is 0.109. The van der Waals surface area contributed by atoms with E-state index in [1.54, 1.807) is 12.1 Å². The average molecular weight is 413 g/mol. The number of fused-ring (bicyclic) bond motifs is 1. The van der Waals surface area contributed by atoms with Gasteiger partial charge >= 0.3 is 0 Å². The highest BCUT2D eigenvalue weighted by atomic mass is 32.2. The highest BCUT2D eigenvalue weighted by Crippen LogP contribution is 2.29. The molecule has 10 heteroatoms. The van der Waals surface area contributed by atoms with E-state index in [1.165, 1.54) is 17.0 Å². The molecule has 150 valence electrons. The number of nitrogens with two attached hydrogens (primary N) is 1. The van der Waals surface area contributed by atoms with Crippen LogP contribution in [0.2, 0.25) is 0 Å². The van der Waals surface area contributed by atoms with Crippen molar-refractivity contribution in [2.24, 2.45) is 11.1 Å². The van der Waals surface area contributed by atoms with E-state index in [2.05, 4.69) is 15.5 Å². The number of primary sulfonamides is 1. The maximum atomic E-state index is 12.5. The zero-order chi connectivity index (χ0) is 20.6. The van der Waals surface area contributed by atoms with Crippen LogP contribution in [0, 0.1) is 5.92 Å². The molecular formula is C19H19N5O4S. The summed E-state index contributed by atoms with van der Waals surface area (Å²) in [4.78, 5) is 26.5. The summed E-state index contributed by atoms with van der Waals surface area (Å²) >= 11 is 0. The predicted octanol–water partition coefficient (Wildman–Crippen LogP) is 0.880. The lowest BCUT2D eigenvalue weighted by molar-refractivity contribution is -0.126. The molecular weight excluding hydrogens is 394 g/mol. The number of sulfonamides is 1. The third-order valence-corrected chi connectivity index (χ3v) is 5.85. The van der Waals surface area contributed by atoms with Gasteiger partial charge in [-0.15, -0.1) is 0 Å². The van der Waals surface area contributed by atoms with Crippen molar-refractivity contribution in [3.05, 3.63) is 54.1 Å². The molecule has 1 atom stereocenters. The highest BCUT2D eigenvalue weighted by Gasteiger charge is 2.36. The third-order valence-electron chi connectivity index (χ3n) is 4.92. The molecule has 0 aliphatic carbocycles. The lowest BCUT2D eigenvalue weighted by atomic mass is 10.1. The number of carbonyl (C=O) groups is 2. The van der Waals surface area contributed by atoms with E-state index >= 15 is 0 Å². The van der Waals surface area contributed by atoms with Gasteiger partial charge in [0.05, 0.1) is 16.3 Å². The molecule has 0 saturated carbocycles. The van der Waals surface area contributed by atoms with E-state index in [9.17, 15) is 18.0 Å². The summed E-state index contributed by atoms with van der Waals surface area (Å²) in [6, 6.07) is 13.4. The number of carbonyl (C=O) groups excluding carboxylic acids is 2. The molecule has 1 aromatic heterocycles. The van der Waals surface area contributed by atoms with Crippen LogP contribution in [0.15, 0.2) is 53.4 Å². The van der Waals surface area contributed by atoms with Crippen LogP contribution in [0.3, 0.4) is 0 Å².